The summed E-state index contributed by atoms with van der Waals surface area (Å²) in [6.07, 6.45) is 0.800. The lowest BCUT2D eigenvalue weighted by Gasteiger charge is -2.14. The molecule has 0 unspecified atom stereocenters. The van der Waals surface area contributed by atoms with Crippen LogP contribution in [0.3, 0.4) is 0 Å². The maximum Gasteiger partial charge on any atom is 0.306 e. The van der Waals surface area contributed by atoms with Gasteiger partial charge in [-0.1, -0.05) is 25.1 Å². The van der Waals surface area contributed by atoms with Crippen LogP contribution in [0.5, 0.6) is 17.2 Å². The van der Waals surface area contributed by atoms with Crippen molar-refractivity contribution < 1.29 is 33.0 Å². The molecule has 0 heterocycles. The first-order valence-electron chi connectivity index (χ1n) is 10.7. The predicted octanol–water partition coefficient (Wildman–Crippen LogP) is 5.35. The third-order valence-electron chi connectivity index (χ3n) is 5.34. The summed E-state index contributed by atoms with van der Waals surface area (Å²) in [6.45, 7) is 2.04. The molecule has 0 bridgehead atoms. The summed E-state index contributed by atoms with van der Waals surface area (Å²) in [4.78, 5) is 24.2. The van der Waals surface area contributed by atoms with Crippen molar-refractivity contribution >= 4 is 11.9 Å². The lowest BCUT2D eigenvalue weighted by atomic mass is 9.95. The van der Waals surface area contributed by atoms with Gasteiger partial charge in [0, 0.05) is 12.6 Å². The van der Waals surface area contributed by atoms with Crippen LogP contribution in [0.25, 0.3) is 0 Å². The predicted molar refractivity (Wildman–Crippen MR) is 122 cm³/mol. The summed E-state index contributed by atoms with van der Waals surface area (Å²) in [6, 6.07) is 15.1. The number of halogens is 2. The largest absolute Gasteiger partial charge is 0.496 e. The highest BCUT2D eigenvalue weighted by molar-refractivity contribution is 5.97. The van der Waals surface area contributed by atoms with E-state index in [1.165, 1.54) is 13.2 Å². The number of hydrogen-bond acceptors (Lipinski definition) is 4. The molecule has 0 aromatic heterocycles. The SMILES string of the molecule is CC[C@@H](Cc1ccc(OC)c(C(=O)NCc2ccc(Oc3ccc(F)c(F)c3)cc2)c1)C(=O)O. The summed E-state index contributed by atoms with van der Waals surface area (Å²) in [5, 5.41) is 12.1. The van der Waals surface area contributed by atoms with Gasteiger partial charge in [-0.25, -0.2) is 8.78 Å². The Kier molecular flexibility index (Phi) is 8.19. The van der Waals surface area contributed by atoms with E-state index >= 15 is 0 Å². The van der Waals surface area contributed by atoms with Gasteiger partial charge in [0.2, 0.25) is 0 Å². The number of benzene rings is 3. The maximum absolute atomic E-state index is 13.3. The number of hydrogen-bond donors (Lipinski definition) is 2. The molecule has 0 saturated heterocycles. The third-order valence-corrected chi connectivity index (χ3v) is 5.34. The molecule has 8 heteroatoms. The number of carboxylic acid groups (broad SMARTS) is 1. The van der Waals surface area contributed by atoms with E-state index in [4.69, 9.17) is 9.47 Å². The summed E-state index contributed by atoms with van der Waals surface area (Å²) in [7, 11) is 1.46. The lowest BCUT2D eigenvalue weighted by Crippen LogP contribution is -2.24. The molecule has 0 saturated carbocycles. The Bertz CT molecular complexity index is 1160. The molecule has 0 aliphatic heterocycles. The van der Waals surface area contributed by atoms with Gasteiger partial charge >= 0.3 is 5.97 Å². The van der Waals surface area contributed by atoms with Crippen LogP contribution in [-0.4, -0.2) is 24.1 Å². The van der Waals surface area contributed by atoms with Gasteiger partial charge in [-0.15, -0.1) is 0 Å². The Morgan fingerprint density at radius 2 is 1.62 bits per heavy atom. The molecule has 0 fully saturated rings. The lowest BCUT2D eigenvalue weighted by molar-refractivity contribution is -0.141. The van der Waals surface area contributed by atoms with Gasteiger partial charge in [-0.3, -0.25) is 9.59 Å². The van der Waals surface area contributed by atoms with E-state index in [0.717, 1.165) is 23.3 Å². The normalized spacial score (nSPS) is 11.5. The van der Waals surface area contributed by atoms with Gasteiger partial charge in [0.15, 0.2) is 11.6 Å². The topological polar surface area (TPSA) is 84.9 Å². The number of rotatable bonds is 10. The second-order valence-electron chi connectivity index (χ2n) is 7.69. The van der Waals surface area contributed by atoms with Crippen LogP contribution in [0.4, 0.5) is 8.78 Å². The molecule has 3 aromatic rings. The standard InChI is InChI=1S/C26H25F2NO5/c1-3-18(26(31)32)12-17-6-11-24(33-2)21(13-17)25(30)29-15-16-4-7-19(8-5-16)34-20-9-10-22(27)23(28)14-20/h4-11,13-14,18H,3,12,15H2,1-2H3,(H,29,30)(H,31,32)/t18-/m0/s1. The van der Waals surface area contributed by atoms with Gasteiger partial charge in [0.05, 0.1) is 18.6 Å². The molecule has 0 radical (unpaired) electrons. The first kappa shape index (κ1) is 24.7. The molecule has 1 atom stereocenters. The molecule has 1 amide bonds. The molecule has 3 rings (SSSR count). The quantitative estimate of drug-likeness (QED) is 0.418. The van der Waals surface area contributed by atoms with E-state index in [1.807, 2.05) is 6.92 Å². The third kappa shape index (κ3) is 6.31. The van der Waals surface area contributed by atoms with Crippen molar-refractivity contribution in [1.82, 2.24) is 5.32 Å². The number of aliphatic carboxylic acids is 1. The van der Waals surface area contributed by atoms with Crippen molar-refractivity contribution in [2.45, 2.75) is 26.3 Å². The molecule has 0 spiro atoms. The number of carbonyl (C=O) groups excluding carboxylic acids is 1. The zero-order valence-corrected chi connectivity index (χ0v) is 18.8. The average molecular weight is 469 g/mol. The van der Waals surface area contributed by atoms with E-state index in [2.05, 4.69) is 5.32 Å². The zero-order chi connectivity index (χ0) is 24.7. The van der Waals surface area contributed by atoms with Crippen LogP contribution < -0.4 is 14.8 Å². The number of carbonyl (C=O) groups is 2. The highest BCUT2D eigenvalue weighted by Gasteiger charge is 2.18. The molecule has 178 valence electrons. The minimum absolute atomic E-state index is 0.167. The number of carboxylic acids is 1. The Hall–Kier alpha value is -3.94. The van der Waals surface area contributed by atoms with Crippen LogP contribution in [0.1, 0.15) is 34.8 Å². The Morgan fingerprint density at radius 3 is 2.24 bits per heavy atom. The number of ether oxygens (including phenoxy) is 2. The van der Waals surface area contributed by atoms with E-state index in [1.54, 1.807) is 42.5 Å². The Labute approximate surface area is 196 Å². The van der Waals surface area contributed by atoms with Gasteiger partial charge in [0.1, 0.15) is 17.2 Å². The average Bonchev–Trinajstić information content (AvgIpc) is 2.83. The molecule has 34 heavy (non-hydrogen) atoms. The molecular formula is C26H25F2NO5. The first-order valence-corrected chi connectivity index (χ1v) is 10.7. The summed E-state index contributed by atoms with van der Waals surface area (Å²) < 4.78 is 37.2. The first-order chi connectivity index (χ1) is 16.3. The fraction of sp³-hybridized carbons (Fsp3) is 0.231. The zero-order valence-electron chi connectivity index (χ0n) is 18.8. The second-order valence-corrected chi connectivity index (χ2v) is 7.69. The summed E-state index contributed by atoms with van der Waals surface area (Å²) >= 11 is 0. The highest BCUT2D eigenvalue weighted by atomic mass is 19.2. The van der Waals surface area contributed by atoms with Crippen LogP contribution in [0.15, 0.2) is 60.7 Å². The van der Waals surface area contributed by atoms with Crippen molar-refractivity contribution in [3.8, 4) is 17.2 Å². The number of amides is 1. The molecule has 2 N–H and O–H groups in total. The van der Waals surface area contributed by atoms with Crippen molar-refractivity contribution in [1.29, 1.82) is 0 Å². The Morgan fingerprint density at radius 1 is 0.941 bits per heavy atom. The van der Waals surface area contributed by atoms with Gasteiger partial charge < -0.3 is 19.9 Å². The van der Waals surface area contributed by atoms with Gasteiger partial charge in [-0.2, -0.15) is 0 Å². The monoisotopic (exact) mass is 469 g/mol. The Balaban J connectivity index is 1.64. The smallest absolute Gasteiger partial charge is 0.306 e. The van der Waals surface area contributed by atoms with Crippen molar-refractivity contribution in [3.63, 3.8) is 0 Å². The van der Waals surface area contributed by atoms with Crippen molar-refractivity contribution in [3.05, 3.63) is 89.0 Å². The van der Waals surface area contributed by atoms with E-state index in [-0.39, 0.29) is 18.2 Å². The van der Waals surface area contributed by atoms with Gasteiger partial charge in [-0.05, 0) is 60.4 Å². The number of methoxy groups -OCH3 is 1. The molecular weight excluding hydrogens is 444 g/mol. The molecule has 3 aromatic carbocycles. The van der Waals surface area contributed by atoms with E-state index in [9.17, 15) is 23.5 Å². The summed E-state index contributed by atoms with van der Waals surface area (Å²) in [5.74, 6) is -2.72. The van der Waals surface area contributed by atoms with Crippen LogP contribution >= 0.6 is 0 Å². The fourth-order valence-electron chi connectivity index (χ4n) is 3.38. The maximum atomic E-state index is 13.3. The minimum Gasteiger partial charge on any atom is -0.496 e. The number of nitrogens with one attached hydrogen (secondary N) is 1. The van der Waals surface area contributed by atoms with Crippen molar-refractivity contribution in [2.75, 3.05) is 7.11 Å². The van der Waals surface area contributed by atoms with Crippen molar-refractivity contribution in [2.24, 2.45) is 5.92 Å². The van der Waals surface area contributed by atoms with E-state index < -0.39 is 23.5 Å². The summed E-state index contributed by atoms with van der Waals surface area (Å²) in [5.41, 5.74) is 1.84. The van der Waals surface area contributed by atoms with Crippen LogP contribution in [0.2, 0.25) is 0 Å². The second kappa shape index (κ2) is 11.3. The fourth-order valence-corrected chi connectivity index (χ4v) is 3.38. The molecule has 0 aliphatic rings. The van der Waals surface area contributed by atoms with Crippen LogP contribution in [-0.2, 0) is 17.8 Å². The molecule has 6 nitrogen and oxygen atoms in total. The minimum atomic E-state index is -0.996. The van der Waals surface area contributed by atoms with Gasteiger partial charge in [0.25, 0.3) is 5.91 Å². The molecule has 0 aliphatic carbocycles. The van der Waals surface area contributed by atoms with E-state index in [0.29, 0.717) is 29.9 Å². The highest BCUT2D eigenvalue weighted by Crippen LogP contribution is 2.25. The van der Waals surface area contributed by atoms with Crippen LogP contribution in [0, 0.1) is 17.6 Å².